The molecule has 0 amide bonds. The maximum Gasteiger partial charge on any atom is 0.387 e. The molecule has 5 rings (SSSR count). The summed E-state index contributed by atoms with van der Waals surface area (Å²) in [5, 5.41) is 10.6. The van der Waals surface area contributed by atoms with Crippen molar-refractivity contribution in [2.45, 2.75) is 13.2 Å². The normalized spacial score (nSPS) is 16.9. The van der Waals surface area contributed by atoms with Gasteiger partial charge in [0.1, 0.15) is 23.1 Å². The lowest BCUT2D eigenvalue weighted by Crippen LogP contribution is -2.46. The first-order valence-electron chi connectivity index (χ1n) is 11.4. The van der Waals surface area contributed by atoms with E-state index in [9.17, 15) is 23.1 Å². The Bertz CT molecular complexity index is 1300. The number of carbonyl (C=O) groups is 1. The standard InChI is InChI=1S/C27H23F3N2O4/c28-18-5-7-19(8-6-18)32-13-11-31(12-14-32)16-21-22(33)10-9-20-25(34)24(35-26(20)21)15-17-3-1-2-4-23(17)36-27(29)30/h1-10,15,27,33H,11-14,16H2/b24-15-. The van der Waals surface area contributed by atoms with E-state index in [4.69, 9.17) is 4.74 Å². The number of fused-ring (bicyclic) bond motifs is 1. The minimum absolute atomic E-state index is 0.00481. The van der Waals surface area contributed by atoms with Crippen LogP contribution < -0.4 is 14.4 Å². The van der Waals surface area contributed by atoms with Crippen LogP contribution in [0.2, 0.25) is 0 Å². The van der Waals surface area contributed by atoms with Gasteiger partial charge in [-0.3, -0.25) is 9.69 Å². The highest BCUT2D eigenvalue weighted by atomic mass is 19.3. The van der Waals surface area contributed by atoms with E-state index in [0.29, 0.717) is 43.9 Å². The van der Waals surface area contributed by atoms with Crippen molar-refractivity contribution >= 4 is 17.5 Å². The van der Waals surface area contributed by atoms with Crippen molar-refractivity contribution in [3.63, 3.8) is 0 Å². The van der Waals surface area contributed by atoms with Crippen LogP contribution in [0.4, 0.5) is 18.9 Å². The van der Waals surface area contributed by atoms with Gasteiger partial charge < -0.3 is 19.5 Å². The number of hydrogen-bond donors (Lipinski definition) is 1. The summed E-state index contributed by atoms with van der Waals surface area (Å²) in [5.74, 6) is -0.527. The van der Waals surface area contributed by atoms with Gasteiger partial charge in [0.2, 0.25) is 5.78 Å². The molecule has 0 saturated carbocycles. The maximum atomic E-state index is 13.2. The van der Waals surface area contributed by atoms with Gasteiger partial charge in [-0.05, 0) is 48.5 Å². The molecule has 3 aromatic rings. The molecule has 2 heterocycles. The summed E-state index contributed by atoms with van der Waals surface area (Å²) in [6.07, 6.45) is 1.36. The molecule has 9 heteroatoms. The van der Waals surface area contributed by atoms with Gasteiger partial charge in [-0.25, -0.2) is 4.39 Å². The van der Waals surface area contributed by atoms with Gasteiger partial charge in [0.05, 0.1) is 11.1 Å². The smallest absolute Gasteiger partial charge is 0.387 e. The van der Waals surface area contributed by atoms with Crippen LogP contribution in [0.25, 0.3) is 6.08 Å². The van der Waals surface area contributed by atoms with Crippen LogP contribution in [-0.2, 0) is 6.54 Å². The van der Waals surface area contributed by atoms with Gasteiger partial charge in [0.15, 0.2) is 5.76 Å². The number of Topliss-reactive ketones (excluding diaryl/α,β-unsaturated/α-hetero) is 1. The van der Waals surface area contributed by atoms with Crippen LogP contribution in [0, 0.1) is 5.82 Å². The van der Waals surface area contributed by atoms with Gasteiger partial charge in [-0.1, -0.05) is 18.2 Å². The van der Waals surface area contributed by atoms with Gasteiger partial charge in [0, 0.05) is 44.0 Å². The van der Waals surface area contributed by atoms with Crippen molar-refractivity contribution in [2.24, 2.45) is 0 Å². The summed E-state index contributed by atoms with van der Waals surface area (Å²) < 4.78 is 49.2. The number of ether oxygens (including phenoxy) is 2. The van der Waals surface area contributed by atoms with Crippen molar-refractivity contribution in [2.75, 3.05) is 31.1 Å². The first kappa shape index (κ1) is 23.7. The Balaban J connectivity index is 1.33. The summed E-state index contributed by atoms with van der Waals surface area (Å²) in [6, 6.07) is 15.4. The highest BCUT2D eigenvalue weighted by Crippen LogP contribution is 2.40. The number of nitrogens with zero attached hydrogens (tertiary/aromatic N) is 2. The van der Waals surface area contributed by atoms with Gasteiger partial charge in [0.25, 0.3) is 0 Å². The average molecular weight is 496 g/mol. The number of benzene rings is 3. The van der Waals surface area contributed by atoms with E-state index >= 15 is 0 Å². The fourth-order valence-corrected chi connectivity index (χ4v) is 4.43. The Morgan fingerprint density at radius 2 is 1.72 bits per heavy atom. The molecule has 0 atom stereocenters. The Labute approximate surface area is 205 Å². The molecule has 2 aliphatic rings. The molecule has 1 saturated heterocycles. The lowest BCUT2D eigenvalue weighted by molar-refractivity contribution is -0.0500. The second kappa shape index (κ2) is 9.94. The molecule has 6 nitrogen and oxygen atoms in total. The first-order chi connectivity index (χ1) is 17.4. The van der Waals surface area contributed by atoms with E-state index in [1.165, 1.54) is 36.4 Å². The van der Waals surface area contributed by atoms with Crippen LogP contribution in [0.15, 0.2) is 66.4 Å². The van der Waals surface area contributed by atoms with Crippen molar-refractivity contribution in [3.8, 4) is 17.2 Å². The Kier molecular flexibility index (Phi) is 6.56. The van der Waals surface area contributed by atoms with Crippen LogP contribution in [0.5, 0.6) is 17.2 Å². The monoisotopic (exact) mass is 496 g/mol. The van der Waals surface area contributed by atoms with Crippen molar-refractivity contribution < 1.29 is 32.5 Å². The van der Waals surface area contributed by atoms with Gasteiger partial charge >= 0.3 is 6.61 Å². The van der Waals surface area contributed by atoms with Crippen LogP contribution in [0.3, 0.4) is 0 Å². The zero-order chi connectivity index (χ0) is 25.2. The number of aromatic hydroxyl groups is 1. The molecule has 1 fully saturated rings. The molecule has 0 aliphatic carbocycles. The SMILES string of the molecule is O=C1/C(=C/c2ccccc2OC(F)F)Oc2c1ccc(O)c2CN1CCN(c2ccc(F)cc2)CC1. The van der Waals surface area contributed by atoms with Gasteiger partial charge in [-0.2, -0.15) is 8.78 Å². The number of allylic oxidation sites excluding steroid dienone is 1. The number of para-hydroxylation sites is 1. The van der Waals surface area contributed by atoms with E-state index in [1.54, 1.807) is 30.3 Å². The molecule has 1 N–H and O–H groups in total. The average Bonchev–Trinajstić information content (AvgIpc) is 3.18. The number of carbonyl (C=O) groups excluding carboxylic acids is 1. The summed E-state index contributed by atoms with van der Waals surface area (Å²) in [7, 11) is 0. The second-order valence-electron chi connectivity index (χ2n) is 8.54. The summed E-state index contributed by atoms with van der Waals surface area (Å²) >= 11 is 0. The van der Waals surface area contributed by atoms with Crippen LogP contribution in [0.1, 0.15) is 21.5 Å². The number of halogens is 3. The Morgan fingerprint density at radius 3 is 2.44 bits per heavy atom. The van der Waals surface area contributed by atoms with E-state index in [-0.39, 0.29) is 34.4 Å². The van der Waals surface area contributed by atoms with E-state index < -0.39 is 12.4 Å². The summed E-state index contributed by atoms with van der Waals surface area (Å²) in [4.78, 5) is 17.3. The predicted molar refractivity (Wildman–Crippen MR) is 128 cm³/mol. The molecule has 0 aromatic heterocycles. The number of ketones is 1. The minimum atomic E-state index is -3.01. The third-order valence-electron chi connectivity index (χ3n) is 6.28. The predicted octanol–water partition coefficient (Wildman–Crippen LogP) is 5.07. The number of alkyl halides is 2. The summed E-state index contributed by atoms with van der Waals surface area (Å²) in [5.41, 5.74) is 2.00. The van der Waals surface area contributed by atoms with E-state index in [0.717, 1.165) is 5.69 Å². The molecule has 186 valence electrons. The van der Waals surface area contributed by atoms with E-state index in [1.807, 2.05) is 0 Å². The van der Waals surface area contributed by atoms with Crippen LogP contribution >= 0.6 is 0 Å². The fraction of sp³-hybridized carbons (Fsp3) is 0.222. The number of anilines is 1. The second-order valence-corrected chi connectivity index (χ2v) is 8.54. The molecular weight excluding hydrogens is 473 g/mol. The third-order valence-corrected chi connectivity index (χ3v) is 6.28. The minimum Gasteiger partial charge on any atom is -0.507 e. The lowest BCUT2D eigenvalue weighted by Gasteiger charge is -2.36. The molecule has 0 bridgehead atoms. The molecular formula is C27H23F3N2O4. The molecule has 2 aliphatic heterocycles. The zero-order valence-electron chi connectivity index (χ0n) is 19.2. The number of rotatable bonds is 6. The fourth-order valence-electron chi connectivity index (χ4n) is 4.43. The largest absolute Gasteiger partial charge is 0.507 e. The third kappa shape index (κ3) is 4.87. The quantitative estimate of drug-likeness (QED) is 0.481. The highest BCUT2D eigenvalue weighted by Gasteiger charge is 2.32. The lowest BCUT2D eigenvalue weighted by atomic mass is 10.0. The molecule has 0 spiro atoms. The zero-order valence-corrected chi connectivity index (χ0v) is 19.2. The van der Waals surface area contributed by atoms with E-state index in [2.05, 4.69) is 14.5 Å². The van der Waals surface area contributed by atoms with Crippen molar-refractivity contribution in [1.29, 1.82) is 0 Å². The number of phenols is 1. The molecule has 36 heavy (non-hydrogen) atoms. The number of piperazine rings is 1. The number of hydrogen-bond acceptors (Lipinski definition) is 6. The molecule has 0 unspecified atom stereocenters. The first-order valence-corrected chi connectivity index (χ1v) is 11.4. The van der Waals surface area contributed by atoms with Crippen LogP contribution in [-0.4, -0.2) is 48.6 Å². The summed E-state index contributed by atoms with van der Waals surface area (Å²) in [6.45, 7) is 0.165. The van der Waals surface area contributed by atoms with Crippen molar-refractivity contribution in [3.05, 3.63) is 88.9 Å². The Morgan fingerprint density at radius 1 is 1.00 bits per heavy atom. The van der Waals surface area contributed by atoms with Crippen molar-refractivity contribution in [1.82, 2.24) is 4.90 Å². The topological polar surface area (TPSA) is 62.2 Å². The Hall–Kier alpha value is -3.98. The maximum absolute atomic E-state index is 13.2. The molecule has 3 aromatic carbocycles. The number of phenolic OH excluding ortho intramolecular Hbond substituents is 1. The van der Waals surface area contributed by atoms with Gasteiger partial charge in [-0.15, -0.1) is 0 Å². The highest BCUT2D eigenvalue weighted by molar-refractivity contribution is 6.15. The molecule has 0 radical (unpaired) electrons.